The minimum Gasteiger partial charge on any atom is -0.490 e. The maximum absolute atomic E-state index is 13.1. The van der Waals surface area contributed by atoms with Crippen LogP contribution in [0.1, 0.15) is 34.3 Å². The quantitative estimate of drug-likeness (QED) is 0.312. The van der Waals surface area contributed by atoms with Gasteiger partial charge in [0.1, 0.15) is 17.7 Å². The third-order valence-corrected chi connectivity index (χ3v) is 5.97. The second-order valence-electron chi connectivity index (χ2n) is 9.08. The van der Waals surface area contributed by atoms with Gasteiger partial charge in [0.2, 0.25) is 0 Å². The molecule has 0 atom stereocenters. The van der Waals surface area contributed by atoms with E-state index in [1.54, 1.807) is 36.4 Å². The molecule has 6 nitrogen and oxygen atoms in total. The summed E-state index contributed by atoms with van der Waals surface area (Å²) in [6.45, 7) is 2.47. The SMILES string of the molecule is O=C(Nc1cccc(OC2CCN(Cc3ccc(F)cc3)CC2)c1)c1ccc(C(F)(F)F)cc1.O=C(O)C(F)(F)F. The number of likely N-dealkylation sites (tertiary alicyclic amines) is 1. The summed E-state index contributed by atoms with van der Waals surface area (Å²) in [6.07, 6.45) is -7.82. The summed E-state index contributed by atoms with van der Waals surface area (Å²) < 4.78 is 89.0. The first-order valence-corrected chi connectivity index (χ1v) is 12.2. The smallest absolute Gasteiger partial charge is 0.490 e. The van der Waals surface area contributed by atoms with Gasteiger partial charge < -0.3 is 15.2 Å². The van der Waals surface area contributed by atoms with Crippen molar-refractivity contribution in [3.05, 3.63) is 95.3 Å². The van der Waals surface area contributed by atoms with Crippen molar-refractivity contribution in [3.63, 3.8) is 0 Å². The molecule has 0 aromatic heterocycles. The molecule has 0 aliphatic carbocycles. The fourth-order valence-electron chi connectivity index (χ4n) is 3.89. The van der Waals surface area contributed by atoms with Crippen molar-refractivity contribution < 1.29 is 50.2 Å². The number of nitrogens with zero attached hydrogens (tertiary/aromatic N) is 1. The van der Waals surface area contributed by atoms with Gasteiger partial charge in [0.25, 0.3) is 5.91 Å². The number of halogens is 7. The van der Waals surface area contributed by atoms with Crippen LogP contribution in [0.25, 0.3) is 0 Å². The summed E-state index contributed by atoms with van der Waals surface area (Å²) in [4.78, 5) is 23.6. The summed E-state index contributed by atoms with van der Waals surface area (Å²) in [6, 6.07) is 17.5. The highest BCUT2D eigenvalue weighted by molar-refractivity contribution is 6.04. The number of benzene rings is 3. The van der Waals surface area contributed by atoms with E-state index in [0.29, 0.717) is 11.4 Å². The van der Waals surface area contributed by atoms with Gasteiger partial charge >= 0.3 is 18.3 Å². The molecule has 0 saturated carbocycles. The summed E-state index contributed by atoms with van der Waals surface area (Å²) in [5.41, 5.74) is 0.893. The van der Waals surface area contributed by atoms with Crippen molar-refractivity contribution in [2.75, 3.05) is 18.4 Å². The second kappa shape index (κ2) is 13.5. The van der Waals surface area contributed by atoms with Gasteiger partial charge in [-0.05, 0) is 66.9 Å². The third kappa shape index (κ3) is 10.1. The van der Waals surface area contributed by atoms with Crippen LogP contribution in [0.3, 0.4) is 0 Å². The average Bonchev–Trinajstić information content (AvgIpc) is 2.91. The van der Waals surface area contributed by atoms with E-state index in [1.807, 2.05) is 0 Å². The number of aliphatic carboxylic acids is 1. The van der Waals surface area contributed by atoms with Crippen molar-refractivity contribution in [2.24, 2.45) is 0 Å². The lowest BCUT2D eigenvalue weighted by atomic mass is 10.1. The van der Waals surface area contributed by atoms with Crippen molar-refractivity contribution in [2.45, 2.75) is 37.8 Å². The zero-order chi connectivity index (χ0) is 30.2. The molecule has 0 unspecified atom stereocenters. The number of nitrogens with one attached hydrogen (secondary N) is 1. The van der Waals surface area contributed by atoms with Gasteiger partial charge in [0, 0.05) is 37.0 Å². The number of ether oxygens (including phenoxy) is 1. The van der Waals surface area contributed by atoms with E-state index in [2.05, 4.69) is 10.2 Å². The summed E-state index contributed by atoms with van der Waals surface area (Å²) in [5.74, 6) is -2.89. The number of anilines is 1. The molecule has 41 heavy (non-hydrogen) atoms. The molecular formula is C28H25F7N2O4. The van der Waals surface area contributed by atoms with Crippen LogP contribution in [-0.4, -0.2) is 47.3 Å². The van der Waals surface area contributed by atoms with Gasteiger partial charge in [-0.3, -0.25) is 9.69 Å². The lowest BCUT2D eigenvalue weighted by Crippen LogP contribution is -2.37. The first-order chi connectivity index (χ1) is 19.2. The van der Waals surface area contributed by atoms with E-state index in [4.69, 9.17) is 14.6 Å². The molecule has 1 saturated heterocycles. The Morgan fingerprint density at radius 3 is 2.02 bits per heavy atom. The molecule has 0 spiro atoms. The highest BCUT2D eigenvalue weighted by atomic mass is 19.4. The van der Waals surface area contributed by atoms with Crippen molar-refractivity contribution >= 4 is 17.6 Å². The Bertz CT molecular complexity index is 1300. The van der Waals surface area contributed by atoms with Gasteiger partial charge in [-0.2, -0.15) is 26.3 Å². The summed E-state index contributed by atoms with van der Waals surface area (Å²) >= 11 is 0. The lowest BCUT2D eigenvalue weighted by Gasteiger charge is -2.32. The minimum absolute atomic E-state index is 0.0327. The number of amides is 1. The van der Waals surface area contributed by atoms with Crippen LogP contribution >= 0.6 is 0 Å². The van der Waals surface area contributed by atoms with Crippen LogP contribution in [-0.2, 0) is 17.5 Å². The molecule has 1 heterocycles. The Morgan fingerprint density at radius 1 is 0.902 bits per heavy atom. The monoisotopic (exact) mass is 586 g/mol. The molecule has 3 aromatic carbocycles. The van der Waals surface area contributed by atoms with Gasteiger partial charge in [-0.15, -0.1) is 0 Å². The molecule has 2 N–H and O–H groups in total. The average molecular weight is 587 g/mol. The van der Waals surface area contributed by atoms with Crippen LogP contribution < -0.4 is 10.1 Å². The Balaban J connectivity index is 0.000000587. The molecule has 13 heteroatoms. The molecule has 1 aliphatic rings. The number of carboxylic acid groups (broad SMARTS) is 1. The van der Waals surface area contributed by atoms with E-state index in [1.165, 1.54) is 12.1 Å². The third-order valence-electron chi connectivity index (χ3n) is 5.97. The normalized spacial score (nSPS) is 14.5. The Hall–Kier alpha value is -4.13. The number of rotatable bonds is 6. The standard InChI is InChI=1S/C26H24F4N2O2.C2HF3O2/c27-21-10-4-18(5-11-21)17-32-14-12-23(13-15-32)34-24-3-1-2-22(16-24)31-25(33)19-6-8-20(9-7-19)26(28,29)30;3-2(4,5)1(6)7/h1-11,16,23H,12-15,17H2,(H,31,33);(H,6,7). The van der Waals surface area contributed by atoms with Crippen LogP contribution in [0.5, 0.6) is 5.75 Å². The second-order valence-corrected chi connectivity index (χ2v) is 9.08. The predicted octanol–water partition coefficient (Wildman–Crippen LogP) is 6.77. The minimum atomic E-state index is -5.08. The first-order valence-electron chi connectivity index (χ1n) is 12.2. The Morgan fingerprint density at radius 2 is 1.49 bits per heavy atom. The Kier molecular flexibility index (Phi) is 10.3. The Labute approximate surface area is 230 Å². The fraction of sp³-hybridized carbons (Fsp3) is 0.286. The van der Waals surface area contributed by atoms with E-state index < -0.39 is 29.8 Å². The van der Waals surface area contributed by atoms with E-state index in [-0.39, 0.29) is 17.5 Å². The van der Waals surface area contributed by atoms with Gasteiger partial charge in [-0.25, -0.2) is 9.18 Å². The molecule has 0 bridgehead atoms. The number of carboxylic acids is 1. The fourth-order valence-corrected chi connectivity index (χ4v) is 3.89. The number of hydrogen-bond donors (Lipinski definition) is 2. The van der Waals surface area contributed by atoms with Crippen LogP contribution in [0, 0.1) is 5.82 Å². The zero-order valence-electron chi connectivity index (χ0n) is 21.3. The van der Waals surface area contributed by atoms with E-state index in [9.17, 15) is 35.5 Å². The van der Waals surface area contributed by atoms with Crippen LogP contribution in [0.2, 0.25) is 0 Å². The van der Waals surface area contributed by atoms with E-state index in [0.717, 1.165) is 62.3 Å². The predicted molar refractivity (Wildman–Crippen MR) is 135 cm³/mol. The highest BCUT2D eigenvalue weighted by Gasteiger charge is 2.38. The molecule has 1 aliphatic heterocycles. The largest absolute Gasteiger partial charge is 0.490 e. The molecule has 3 aromatic rings. The first kappa shape index (κ1) is 31.4. The highest BCUT2D eigenvalue weighted by Crippen LogP contribution is 2.29. The molecule has 4 rings (SSSR count). The molecule has 0 radical (unpaired) electrons. The van der Waals surface area contributed by atoms with Gasteiger partial charge in [-0.1, -0.05) is 18.2 Å². The molecule has 220 valence electrons. The molecule has 1 amide bonds. The summed E-state index contributed by atoms with van der Waals surface area (Å²) in [7, 11) is 0. The topological polar surface area (TPSA) is 78.9 Å². The number of piperidine rings is 1. The zero-order valence-corrected chi connectivity index (χ0v) is 21.3. The van der Waals surface area contributed by atoms with Crippen molar-refractivity contribution in [1.29, 1.82) is 0 Å². The maximum Gasteiger partial charge on any atom is 0.490 e. The van der Waals surface area contributed by atoms with Gasteiger partial charge in [0.15, 0.2) is 0 Å². The molecule has 1 fully saturated rings. The maximum atomic E-state index is 13.1. The van der Waals surface area contributed by atoms with E-state index >= 15 is 0 Å². The molecular weight excluding hydrogens is 561 g/mol. The number of alkyl halides is 6. The van der Waals surface area contributed by atoms with Crippen molar-refractivity contribution in [1.82, 2.24) is 4.90 Å². The lowest BCUT2D eigenvalue weighted by molar-refractivity contribution is -0.192. The van der Waals surface area contributed by atoms with Crippen LogP contribution in [0.4, 0.5) is 36.4 Å². The number of carbonyl (C=O) groups excluding carboxylic acids is 1. The van der Waals surface area contributed by atoms with Crippen molar-refractivity contribution in [3.8, 4) is 5.75 Å². The van der Waals surface area contributed by atoms with Gasteiger partial charge in [0.05, 0.1) is 5.56 Å². The summed E-state index contributed by atoms with van der Waals surface area (Å²) in [5, 5.41) is 9.82. The van der Waals surface area contributed by atoms with Crippen LogP contribution in [0.15, 0.2) is 72.8 Å². The number of carbonyl (C=O) groups is 2. The number of hydrogen-bond acceptors (Lipinski definition) is 4.